The molecule has 0 radical (unpaired) electrons. The fourth-order valence-corrected chi connectivity index (χ4v) is 6.73. The molecule has 2 saturated carbocycles. The Morgan fingerprint density at radius 2 is 1.67 bits per heavy atom. The van der Waals surface area contributed by atoms with Crippen LogP contribution in [0.25, 0.3) is 0 Å². The van der Waals surface area contributed by atoms with Gasteiger partial charge in [0.2, 0.25) is 0 Å². The van der Waals surface area contributed by atoms with Gasteiger partial charge < -0.3 is 9.84 Å². The highest BCUT2D eigenvalue weighted by Gasteiger charge is 2.77. The largest absolute Gasteiger partial charge is 0.872 e. The van der Waals surface area contributed by atoms with E-state index < -0.39 is 5.60 Å². The van der Waals surface area contributed by atoms with Crippen molar-refractivity contribution >= 4 is 0 Å². The van der Waals surface area contributed by atoms with Gasteiger partial charge in [-0.05, 0) is 55.6 Å². The van der Waals surface area contributed by atoms with E-state index in [1.807, 2.05) is 24.3 Å². The maximum absolute atomic E-state index is 12.0. The van der Waals surface area contributed by atoms with E-state index in [4.69, 9.17) is 14.5 Å². The Morgan fingerprint density at radius 3 is 2.41 bits per heavy atom. The summed E-state index contributed by atoms with van der Waals surface area (Å²) in [5, 5.41) is 12.0. The fraction of sp³-hybridized carbons (Fsp3) is 0.391. The van der Waals surface area contributed by atoms with Crippen LogP contribution in [0.1, 0.15) is 36.8 Å². The number of allylic oxidation sites excluding steroid dienone is 2. The number of benzene rings is 2. The first-order valence-corrected chi connectivity index (χ1v) is 9.86. The molecule has 2 aliphatic heterocycles. The molecule has 3 fully saturated rings. The van der Waals surface area contributed by atoms with Gasteiger partial charge in [0.05, 0.1) is 0 Å². The summed E-state index contributed by atoms with van der Waals surface area (Å²) in [6, 6.07) is 13.1. The molecule has 3 unspecified atom stereocenters. The van der Waals surface area contributed by atoms with Crippen molar-refractivity contribution in [1.82, 2.24) is 0 Å². The van der Waals surface area contributed by atoms with Crippen LogP contribution in [0.15, 0.2) is 54.1 Å². The van der Waals surface area contributed by atoms with Crippen LogP contribution in [-0.2, 0) is 15.4 Å². The molecular weight excluding hydrogens is 340 g/mol. The average molecular weight is 359 g/mol. The van der Waals surface area contributed by atoms with Gasteiger partial charge >= 0.3 is 0 Å². The van der Waals surface area contributed by atoms with Gasteiger partial charge in [-0.25, -0.2) is 9.78 Å². The molecular formula is C23H19O4-. The van der Waals surface area contributed by atoms with E-state index in [1.54, 1.807) is 17.7 Å². The standard InChI is InChI=1S/C23H20O4/c24-17-5-6-19-21(12-17)25-20-4-2-1-3-18(20)23(19)22(26-27-23)15-8-13-7-14(10-15)11-16(22)9-13/h1-7,12-13,15-16,24H,8-11H2/p-1. The highest BCUT2D eigenvalue weighted by molar-refractivity contribution is 5.61. The minimum atomic E-state index is -0.686. The van der Waals surface area contributed by atoms with Gasteiger partial charge in [0.1, 0.15) is 11.5 Å². The summed E-state index contributed by atoms with van der Waals surface area (Å²) >= 11 is 0. The second kappa shape index (κ2) is 4.57. The summed E-state index contributed by atoms with van der Waals surface area (Å²) in [6.07, 6.45) is 7.00. The van der Waals surface area contributed by atoms with Crippen LogP contribution in [0, 0.1) is 17.8 Å². The minimum absolute atomic E-state index is 0.0483. The first-order chi connectivity index (χ1) is 13.2. The van der Waals surface area contributed by atoms with Crippen molar-refractivity contribution in [3.8, 4) is 17.2 Å². The van der Waals surface area contributed by atoms with Gasteiger partial charge in [-0.15, -0.1) is 5.75 Å². The summed E-state index contributed by atoms with van der Waals surface area (Å²) in [7, 11) is 0. The van der Waals surface area contributed by atoms with Crippen LogP contribution in [0.4, 0.5) is 0 Å². The number of rotatable bonds is 0. The van der Waals surface area contributed by atoms with Crippen LogP contribution in [0.5, 0.6) is 17.2 Å². The fourth-order valence-electron chi connectivity index (χ4n) is 6.73. The zero-order valence-electron chi connectivity index (χ0n) is 14.8. The van der Waals surface area contributed by atoms with Crippen molar-refractivity contribution in [2.24, 2.45) is 17.8 Å². The molecule has 4 nitrogen and oxygen atoms in total. The lowest BCUT2D eigenvalue weighted by Gasteiger charge is -2.68. The Labute approximate surface area is 157 Å². The Bertz CT molecular complexity index is 1010. The molecule has 4 heteroatoms. The van der Waals surface area contributed by atoms with Crippen LogP contribution < -0.4 is 9.84 Å². The molecule has 8 rings (SSSR count). The number of hydrogen-bond acceptors (Lipinski definition) is 4. The Hall–Kier alpha value is -2.30. The third-order valence-electron chi connectivity index (χ3n) is 7.55. The lowest BCUT2D eigenvalue weighted by molar-refractivity contribution is -0.579. The van der Waals surface area contributed by atoms with Gasteiger partial charge in [-0.2, -0.15) is 0 Å². The topological polar surface area (TPSA) is 50.8 Å². The Morgan fingerprint density at radius 1 is 0.889 bits per heavy atom. The van der Waals surface area contributed by atoms with E-state index in [1.165, 1.54) is 0 Å². The molecule has 136 valence electrons. The lowest BCUT2D eigenvalue weighted by Crippen LogP contribution is -2.75. The molecule has 0 amide bonds. The molecule has 3 atom stereocenters. The number of hydrogen-bond donors (Lipinski definition) is 0. The zero-order chi connectivity index (χ0) is 17.8. The van der Waals surface area contributed by atoms with Gasteiger partial charge in [-0.1, -0.05) is 42.0 Å². The summed E-state index contributed by atoms with van der Waals surface area (Å²) in [5.41, 5.74) is 2.51. The first-order valence-electron chi connectivity index (χ1n) is 9.86. The number of ether oxygens (including phenoxy) is 1. The maximum Gasteiger partial charge on any atom is 0.193 e. The maximum atomic E-state index is 12.0. The van der Waals surface area contributed by atoms with Crippen molar-refractivity contribution < 1.29 is 19.6 Å². The van der Waals surface area contributed by atoms with Crippen molar-refractivity contribution in [3.63, 3.8) is 0 Å². The summed E-state index contributed by atoms with van der Waals surface area (Å²) in [6.45, 7) is 0. The van der Waals surface area contributed by atoms with Gasteiger partial charge in [0.25, 0.3) is 0 Å². The van der Waals surface area contributed by atoms with Crippen LogP contribution in [0.2, 0.25) is 0 Å². The molecule has 4 bridgehead atoms. The van der Waals surface area contributed by atoms with E-state index in [2.05, 4.69) is 12.1 Å². The van der Waals surface area contributed by atoms with Gasteiger partial charge in [0.15, 0.2) is 11.2 Å². The monoisotopic (exact) mass is 359 g/mol. The van der Waals surface area contributed by atoms with E-state index in [0.717, 1.165) is 42.6 Å². The first kappa shape index (κ1) is 14.7. The van der Waals surface area contributed by atoms with Gasteiger partial charge in [0, 0.05) is 11.1 Å². The molecule has 1 saturated heterocycles. The number of para-hydroxylation sites is 1. The summed E-state index contributed by atoms with van der Waals surface area (Å²) in [5.74, 6) is 2.89. The normalized spacial score (nSPS) is 39.6. The third kappa shape index (κ3) is 1.52. The lowest BCUT2D eigenvalue weighted by atomic mass is 9.46. The second-order valence-corrected chi connectivity index (χ2v) is 8.76. The quantitative estimate of drug-likeness (QED) is 0.523. The molecule has 6 aliphatic rings. The molecule has 4 aliphatic carbocycles. The van der Waals surface area contributed by atoms with Crippen LogP contribution in [0.3, 0.4) is 0 Å². The summed E-state index contributed by atoms with van der Waals surface area (Å²) in [4.78, 5) is 12.3. The van der Waals surface area contributed by atoms with Crippen molar-refractivity contribution in [3.05, 3.63) is 65.2 Å². The Balaban J connectivity index is 1.52. The average Bonchev–Trinajstić information content (AvgIpc) is 2.64. The van der Waals surface area contributed by atoms with Crippen LogP contribution in [-0.4, -0.2) is 5.60 Å². The van der Waals surface area contributed by atoms with Crippen LogP contribution >= 0.6 is 0 Å². The number of fused-ring (bicyclic) bond motifs is 4. The molecule has 2 aromatic rings. The van der Waals surface area contributed by atoms with Crippen molar-refractivity contribution in [2.75, 3.05) is 0 Å². The second-order valence-electron chi connectivity index (χ2n) is 8.76. The van der Waals surface area contributed by atoms with E-state index in [0.29, 0.717) is 23.5 Å². The molecule has 0 aromatic heterocycles. The Kier molecular flexibility index (Phi) is 2.49. The molecule has 27 heavy (non-hydrogen) atoms. The highest BCUT2D eigenvalue weighted by atomic mass is 17.3. The van der Waals surface area contributed by atoms with Crippen molar-refractivity contribution in [2.45, 2.75) is 36.9 Å². The SMILES string of the molecule is [O-]c1ccc2c(c1)Oc1ccccc1C21OOC12C1CC3=CC(C1)CC2C3. The molecule has 2 heterocycles. The molecule has 0 N–H and O–H groups in total. The zero-order valence-corrected chi connectivity index (χ0v) is 14.8. The highest BCUT2D eigenvalue weighted by Crippen LogP contribution is 2.72. The third-order valence-corrected chi connectivity index (χ3v) is 7.55. The predicted molar refractivity (Wildman–Crippen MR) is 95.1 cm³/mol. The molecule has 2 aromatic carbocycles. The van der Waals surface area contributed by atoms with E-state index in [9.17, 15) is 5.11 Å². The van der Waals surface area contributed by atoms with Gasteiger partial charge in [-0.3, -0.25) is 0 Å². The minimum Gasteiger partial charge on any atom is -0.872 e. The molecule has 2 spiro atoms. The predicted octanol–water partition coefficient (Wildman–Crippen LogP) is 4.19. The summed E-state index contributed by atoms with van der Waals surface area (Å²) < 4.78 is 6.13. The smallest absolute Gasteiger partial charge is 0.193 e. The van der Waals surface area contributed by atoms with Crippen molar-refractivity contribution in [1.29, 1.82) is 0 Å². The van der Waals surface area contributed by atoms with E-state index >= 15 is 0 Å². The van der Waals surface area contributed by atoms with E-state index in [-0.39, 0.29) is 11.4 Å².